The Morgan fingerprint density at radius 3 is 2.67 bits per heavy atom. The second kappa shape index (κ2) is 11.1. The van der Waals surface area contributed by atoms with Crippen LogP contribution in [0.4, 0.5) is 0 Å². The number of benzene rings is 2. The molecular weight excluding hydrogens is 412 g/mol. The van der Waals surface area contributed by atoms with Crippen LogP contribution in [0, 0.1) is 18.8 Å². The molecule has 2 aliphatic rings. The molecule has 1 fully saturated rings. The Morgan fingerprint density at radius 2 is 1.88 bits per heavy atom. The lowest BCUT2D eigenvalue weighted by molar-refractivity contribution is -0.138. The molecule has 1 atom stereocenters. The highest BCUT2D eigenvalue weighted by Crippen LogP contribution is 2.35. The van der Waals surface area contributed by atoms with Crippen LogP contribution in [0.15, 0.2) is 42.5 Å². The largest absolute Gasteiger partial charge is 0.490 e. The number of fused-ring (bicyclic) bond motifs is 1. The number of carbonyl (C=O) groups is 1. The van der Waals surface area contributed by atoms with Gasteiger partial charge < -0.3 is 14.4 Å². The molecule has 33 heavy (non-hydrogen) atoms. The summed E-state index contributed by atoms with van der Waals surface area (Å²) in [4.78, 5) is 18.2. The highest BCUT2D eigenvalue weighted by atomic mass is 16.5. The minimum absolute atomic E-state index is 0.0581. The second-order valence-corrected chi connectivity index (χ2v) is 9.96. The lowest BCUT2D eigenvalue weighted by Crippen LogP contribution is -2.45. The number of hydrogen-bond acceptors (Lipinski definition) is 4. The van der Waals surface area contributed by atoms with E-state index in [0.29, 0.717) is 25.7 Å². The van der Waals surface area contributed by atoms with Crippen molar-refractivity contribution in [3.8, 4) is 11.5 Å². The summed E-state index contributed by atoms with van der Waals surface area (Å²) in [5, 5.41) is 0. The summed E-state index contributed by atoms with van der Waals surface area (Å²) in [5.41, 5.74) is 3.50. The van der Waals surface area contributed by atoms with E-state index in [1.807, 2.05) is 0 Å². The van der Waals surface area contributed by atoms with E-state index in [1.165, 1.54) is 5.56 Å². The summed E-state index contributed by atoms with van der Waals surface area (Å²) >= 11 is 0. The smallest absolute Gasteiger partial charge is 0.227 e. The van der Waals surface area contributed by atoms with Gasteiger partial charge in [0.1, 0.15) is 0 Å². The van der Waals surface area contributed by atoms with Crippen LogP contribution in [0.25, 0.3) is 0 Å². The fourth-order valence-electron chi connectivity index (χ4n) is 5.01. The zero-order chi connectivity index (χ0) is 23.2. The maximum atomic E-state index is 13.7. The molecule has 4 rings (SSSR count). The number of nitrogens with zero attached hydrogens (tertiary/aromatic N) is 2. The molecule has 2 aliphatic heterocycles. The summed E-state index contributed by atoms with van der Waals surface area (Å²) in [7, 11) is 0. The Bertz CT molecular complexity index is 928. The topological polar surface area (TPSA) is 42.0 Å². The van der Waals surface area contributed by atoms with Gasteiger partial charge in [0.25, 0.3) is 0 Å². The number of amides is 1. The maximum Gasteiger partial charge on any atom is 0.227 e. The van der Waals surface area contributed by atoms with Crippen LogP contribution in [-0.4, -0.2) is 48.6 Å². The molecule has 1 amide bonds. The van der Waals surface area contributed by atoms with Crippen molar-refractivity contribution in [2.75, 3.05) is 32.8 Å². The van der Waals surface area contributed by atoms with Crippen LogP contribution in [0.1, 0.15) is 49.8 Å². The SMILES string of the molecule is Cc1cc(CN(CC(C)C)C(=O)C2CCCN(Cc3ccccc3)C2)cc2c1OCCCO2. The molecule has 0 spiro atoms. The van der Waals surface area contributed by atoms with Crippen LogP contribution < -0.4 is 9.47 Å². The quantitative estimate of drug-likeness (QED) is 0.592. The first kappa shape index (κ1) is 23.6. The summed E-state index contributed by atoms with van der Waals surface area (Å²) in [6, 6.07) is 14.8. The highest BCUT2D eigenvalue weighted by molar-refractivity contribution is 5.79. The van der Waals surface area contributed by atoms with Crippen molar-refractivity contribution in [3.63, 3.8) is 0 Å². The maximum absolute atomic E-state index is 13.7. The van der Waals surface area contributed by atoms with Crippen molar-refractivity contribution in [3.05, 3.63) is 59.2 Å². The van der Waals surface area contributed by atoms with E-state index in [-0.39, 0.29) is 11.8 Å². The lowest BCUT2D eigenvalue weighted by atomic mass is 9.95. The Morgan fingerprint density at radius 1 is 1.09 bits per heavy atom. The van der Waals surface area contributed by atoms with Crippen LogP contribution in [0.2, 0.25) is 0 Å². The summed E-state index contributed by atoms with van der Waals surface area (Å²) in [5.74, 6) is 2.42. The number of aryl methyl sites for hydroxylation is 1. The van der Waals surface area contributed by atoms with E-state index in [2.05, 4.69) is 73.0 Å². The third-order valence-corrected chi connectivity index (χ3v) is 6.47. The van der Waals surface area contributed by atoms with Crippen molar-refractivity contribution in [1.82, 2.24) is 9.80 Å². The number of carbonyl (C=O) groups excluding carboxylic acids is 1. The van der Waals surface area contributed by atoms with Crippen LogP contribution in [0.5, 0.6) is 11.5 Å². The molecule has 0 radical (unpaired) electrons. The molecule has 5 heteroatoms. The molecule has 0 aromatic heterocycles. The van der Waals surface area contributed by atoms with Gasteiger partial charge in [-0.15, -0.1) is 0 Å². The summed E-state index contributed by atoms with van der Waals surface area (Å²) in [6.45, 7) is 12.0. The van der Waals surface area contributed by atoms with Gasteiger partial charge in [0.2, 0.25) is 5.91 Å². The summed E-state index contributed by atoms with van der Waals surface area (Å²) < 4.78 is 11.8. The zero-order valence-corrected chi connectivity index (χ0v) is 20.4. The van der Waals surface area contributed by atoms with Crippen LogP contribution >= 0.6 is 0 Å². The minimum Gasteiger partial charge on any atom is -0.490 e. The van der Waals surface area contributed by atoms with E-state index in [9.17, 15) is 4.79 Å². The van der Waals surface area contributed by atoms with Crippen molar-refractivity contribution in [2.24, 2.45) is 11.8 Å². The lowest BCUT2D eigenvalue weighted by Gasteiger charge is -2.35. The molecule has 0 N–H and O–H groups in total. The predicted molar refractivity (Wildman–Crippen MR) is 131 cm³/mol. The molecule has 0 aliphatic carbocycles. The van der Waals surface area contributed by atoms with Gasteiger partial charge in [0.05, 0.1) is 19.1 Å². The molecule has 5 nitrogen and oxygen atoms in total. The van der Waals surface area contributed by atoms with Crippen molar-refractivity contribution < 1.29 is 14.3 Å². The third-order valence-electron chi connectivity index (χ3n) is 6.47. The van der Waals surface area contributed by atoms with Gasteiger partial charge in [-0.3, -0.25) is 9.69 Å². The average molecular weight is 451 g/mol. The van der Waals surface area contributed by atoms with Gasteiger partial charge in [-0.2, -0.15) is 0 Å². The van der Waals surface area contributed by atoms with Crippen molar-refractivity contribution >= 4 is 5.91 Å². The molecule has 2 heterocycles. The molecule has 1 saturated heterocycles. The fourth-order valence-corrected chi connectivity index (χ4v) is 5.01. The monoisotopic (exact) mass is 450 g/mol. The Hall–Kier alpha value is -2.53. The van der Waals surface area contributed by atoms with Gasteiger partial charge >= 0.3 is 0 Å². The molecule has 2 aromatic rings. The first-order chi connectivity index (χ1) is 16.0. The van der Waals surface area contributed by atoms with E-state index >= 15 is 0 Å². The van der Waals surface area contributed by atoms with Gasteiger partial charge in [-0.05, 0) is 55.0 Å². The number of likely N-dealkylation sites (tertiary alicyclic amines) is 1. The van der Waals surface area contributed by atoms with Crippen LogP contribution in [0.3, 0.4) is 0 Å². The first-order valence-electron chi connectivity index (χ1n) is 12.4. The average Bonchev–Trinajstić information content (AvgIpc) is 3.05. The Balaban J connectivity index is 1.47. The van der Waals surface area contributed by atoms with E-state index in [1.54, 1.807) is 0 Å². The Kier molecular flexibility index (Phi) is 7.92. The van der Waals surface area contributed by atoms with E-state index < -0.39 is 0 Å². The molecule has 0 saturated carbocycles. The van der Waals surface area contributed by atoms with Gasteiger partial charge in [-0.25, -0.2) is 0 Å². The highest BCUT2D eigenvalue weighted by Gasteiger charge is 2.30. The number of rotatable bonds is 7. The minimum atomic E-state index is 0.0581. The van der Waals surface area contributed by atoms with E-state index in [4.69, 9.17) is 9.47 Å². The molecule has 1 unspecified atom stereocenters. The summed E-state index contributed by atoms with van der Waals surface area (Å²) in [6.07, 6.45) is 2.93. The first-order valence-corrected chi connectivity index (χ1v) is 12.4. The molecule has 178 valence electrons. The molecular formula is C28H38N2O3. The Labute approximate surface area is 198 Å². The van der Waals surface area contributed by atoms with E-state index in [0.717, 1.165) is 68.1 Å². The van der Waals surface area contributed by atoms with Gasteiger partial charge in [0, 0.05) is 32.6 Å². The number of piperidine rings is 1. The zero-order valence-electron chi connectivity index (χ0n) is 20.4. The van der Waals surface area contributed by atoms with Crippen molar-refractivity contribution in [2.45, 2.75) is 53.1 Å². The third kappa shape index (κ3) is 6.29. The second-order valence-electron chi connectivity index (χ2n) is 9.96. The number of hydrogen-bond donors (Lipinski definition) is 0. The standard InChI is InChI=1S/C28H38N2O3/c1-21(2)17-30(19-24-15-22(3)27-26(16-24)32-13-8-14-33-27)28(31)25-11-7-12-29(20-25)18-23-9-5-4-6-10-23/h4-6,9-10,15-16,21,25H,7-8,11-14,17-20H2,1-3H3. The molecule has 2 aromatic carbocycles. The van der Waals surface area contributed by atoms with Gasteiger partial charge in [0.15, 0.2) is 11.5 Å². The van der Waals surface area contributed by atoms with Gasteiger partial charge in [-0.1, -0.05) is 50.2 Å². The predicted octanol–water partition coefficient (Wildman–Crippen LogP) is 5.05. The van der Waals surface area contributed by atoms with Crippen LogP contribution in [-0.2, 0) is 17.9 Å². The van der Waals surface area contributed by atoms with Crippen molar-refractivity contribution in [1.29, 1.82) is 0 Å². The normalized spacial score (nSPS) is 18.7. The molecule has 0 bridgehead atoms. The number of ether oxygens (including phenoxy) is 2. The fraction of sp³-hybridized carbons (Fsp3) is 0.536.